The molecular weight excluding hydrogens is 325 g/mol. The minimum absolute atomic E-state index is 0.205. The zero-order valence-electron chi connectivity index (χ0n) is 13.7. The molecule has 6 nitrogen and oxygen atoms in total. The van der Waals surface area contributed by atoms with Crippen LogP contribution in [0.2, 0.25) is 0 Å². The predicted molar refractivity (Wildman–Crippen MR) is 81.4 cm³/mol. The quantitative estimate of drug-likeness (QED) is 0.899. The van der Waals surface area contributed by atoms with Crippen LogP contribution in [0.15, 0.2) is 12.4 Å². The number of amides is 1. The molecule has 1 fully saturated rings. The number of carbonyl (C=O) groups excluding carboxylic acids is 1. The maximum absolute atomic E-state index is 12.5. The van der Waals surface area contributed by atoms with E-state index in [-0.39, 0.29) is 11.9 Å². The molecule has 1 amide bonds. The van der Waals surface area contributed by atoms with Crippen LogP contribution in [0.5, 0.6) is 0 Å². The number of carbonyl (C=O) groups is 1. The first-order chi connectivity index (χ1) is 11.2. The first-order valence-corrected chi connectivity index (χ1v) is 7.87. The average Bonchev–Trinajstić information content (AvgIpc) is 2.60. The van der Waals surface area contributed by atoms with E-state index in [2.05, 4.69) is 9.97 Å². The van der Waals surface area contributed by atoms with Crippen LogP contribution in [0.25, 0.3) is 0 Å². The summed E-state index contributed by atoms with van der Waals surface area (Å²) < 4.78 is 37.6. The molecule has 134 valence electrons. The smallest absolute Gasteiger partial charge is 0.380 e. The molecule has 1 aromatic heterocycles. The van der Waals surface area contributed by atoms with Crippen molar-refractivity contribution in [1.82, 2.24) is 14.9 Å². The van der Waals surface area contributed by atoms with Crippen LogP contribution in [0.1, 0.15) is 32.3 Å². The van der Waals surface area contributed by atoms with Gasteiger partial charge in [0.05, 0.1) is 5.56 Å². The molecule has 9 heteroatoms. The fourth-order valence-electron chi connectivity index (χ4n) is 2.59. The Balaban J connectivity index is 1.99. The van der Waals surface area contributed by atoms with Gasteiger partial charge >= 0.3 is 6.18 Å². The largest absolute Gasteiger partial charge is 0.419 e. The van der Waals surface area contributed by atoms with Crippen molar-refractivity contribution in [2.45, 2.75) is 38.5 Å². The van der Waals surface area contributed by atoms with E-state index in [1.165, 1.54) is 0 Å². The van der Waals surface area contributed by atoms with Crippen molar-refractivity contribution in [3.05, 3.63) is 18.0 Å². The van der Waals surface area contributed by atoms with Gasteiger partial charge in [0.25, 0.3) is 5.91 Å². The van der Waals surface area contributed by atoms with Gasteiger partial charge in [-0.2, -0.15) is 13.2 Å². The van der Waals surface area contributed by atoms with Crippen LogP contribution in [-0.2, 0) is 11.0 Å². The summed E-state index contributed by atoms with van der Waals surface area (Å²) in [6.45, 7) is 5.06. The summed E-state index contributed by atoms with van der Waals surface area (Å²) in [5, 5.41) is 10.3. The normalized spacial score (nSPS) is 16.4. The number of nitrogens with zero attached hydrogens (tertiary/aromatic N) is 4. The Hall–Kier alpha value is -1.90. The minimum Gasteiger partial charge on any atom is -0.380 e. The van der Waals surface area contributed by atoms with Gasteiger partial charge in [-0.1, -0.05) is 13.8 Å². The van der Waals surface area contributed by atoms with Crippen LogP contribution < -0.4 is 4.90 Å². The predicted octanol–water partition coefficient (Wildman–Crippen LogP) is 1.70. The van der Waals surface area contributed by atoms with Gasteiger partial charge < -0.3 is 14.9 Å². The molecule has 0 bridgehead atoms. The Morgan fingerprint density at radius 2 is 1.62 bits per heavy atom. The fourth-order valence-corrected chi connectivity index (χ4v) is 2.59. The molecule has 1 aliphatic rings. The third kappa shape index (κ3) is 3.77. The first-order valence-electron chi connectivity index (χ1n) is 7.87. The van der Waals surface area contributed by atoms with E-state index < -0.39 is 17.3 Å². The van der Waals surface area contributed by atoms with E-state index in [1.54, 1.807) is 23.6 Å². The molecule has 2 heterocycles. The van der Waals surface area contributed by atoms with Crippen molar-refractivity contribution in [2.75, 3.05) is 31.1 Å². The summed E-state index contributed by atoms with van der Waals surface area (Å²) in [7, 11) is 0. The third-order valence-electron chi connectivity index (χ3n) is 4.38. The molecule has 1 aliphatic heterocycles. The molecule has 0 radical (unpaired) electrons. The van der Waals surface area contributed by atoms with Crippen molar-refractivity contribution < 1.29 is 23.1 Å². The Morgan fingerprint density at radius 3 is 2.04 bits per heavy atom. The van der Waals surface area contributed by atoms with Gasteiger partial charge in [0, 0.05) is 38.6 Å². The minimum atomic E-state index is -4.46. The highest BCUT2D eigenvalue weighted by atomic mass is 19.4. The Morgan fingerprint density at radius 1 is 1.12 bits per heavy atom. The highest BCUT2D eigenvalue weighted by Crippen LogP contribution is 2.28. The first kappa shape index (κ1) is 18.4. The van der Waals surface area contributed by atoms with Crippen molar-refractivity contribution >= 4 is 11.9 Å². The third-order valence-corrected chi connectivity index (χ3v) is 4.38. The number of piperazine rings is 1. The van der Waals surface area contributed by atoms with E-state index in [4.69, 9.17) is 0 Å². The van der Waals surface area contributed by atoms with E-state index in [0.29, 0.717) is 39.0 Å². The number of hydrogen-bond acceptors (Lipinski definition) is 5. The summed E-state index contributed by atoms with van der Waals surface area (Å²) in [4.78, 5) is 23.2. The van der Waals surface area contributed by atoms with Gasteiger partial charge in [-0.3, -0.25) is 4.79 Å². The average molecular weight is 346 g/mol. The topological polar surface area (TPSA) is 69.6 Å². The molecule has 1 aromatic rings. The molecule has 0 aliphatic carbocycles. The van der Waals surface area contributed by atoms with Crippen molar-refractivity contribution in [3.8, 4) is 0 Å². The number of anilines is 1. The molecule has 24 heavy (non-hydrogen) atoms. The number of halogens is 3. The lowest BCUT2D eigenvalue weighted by molar-refractivity contribution is -0.152. The Bertz CT molecular complexity index is 565. The summed E-state index contributed by atoms with van der Waals surface area (Å²) in [5.74, 6) is -0.100. The number of alkyl halides is 3. The molecule has 0 unspecified atom stereocenters. The second-order valence-electron chi connectivity index (χ2n) is 5.79. The summed E-state index contributed by atoms with van der Waals surface area (Å²) in [6, 6.07) is 0. The molecule has 2 rings (SSSR count). The van der Waals surface area contributed by atoms with Crippen LogP contribution in [0.4, 0.5) is 19.1 Å². The van der Waals surface area contributed by atoms with Crippen LogP contribution in [0.3, 0.4) is 0 Å². The maximum atomic E-state index is 12.5. The second-order valence-corrected chi connectivity index (χ2v) is 5.79. The summed E-state index contributed by atoms with van der Waals surface area (Å²) >= 11 is 0. The van der Waals surface area contributed by atoms with Crippen molar-refractivity contribution in [3.63, 3.8) is 0 Å². The monoisotopic (exact) mass is 346 g/mol. The molecule has 0 spiro atoms. The number of aromatic nitrogens is 2. The summed E-state index contributed by atoms with van der Waals surface area (Å²) in [6.07, 6.45) is -2.27. The van der Waals surface area contributed by atoms with Crippen molar-refractivity contribution in [1.29, 1.82) is 0 Å². The van der Waals surface area contributed by atoms with E-state index in [1.807, 2.05) is 0 Å². The molecule has 1 saturated heterocycles. The molecule has 0 atom stereocenters. The van der Waals surface area contributed by atoms with Crippen LogP contribution in [-0.4, -0.2) is 57.7 Å². The molecule has 0 saturated carbocycles. The number of rotatable bonds is 4. The van der Waals surface area contributed by atoms with Gasteiger partial charge in [0.15, 0.2) is 0 Å². The molecular formula is C15H21F3N4O2. The lowest BCUT2D eigenvalue weighted by Gasteiger charge is -2.38. The van der Waals surface area contributed by atoms with Gasteiger partial charge in [0.1, 0.15) is 5.60 Å². The van der Waals surface area contributed by atoms with E-state index >= 15 is 0 Å². The SMILES string of the molecule is CCC(O)(CC)C(=O)N1CCN(c2ncc(C(F)(F)F)cn2)CC1. The number of hydrogen-bond donors (Lipinski definition) is 1. The zero-order valence-corrected chi connectivity index (χ0v) is 13.7. The van der Waals surface area contributed by atoms with Gasteiger partial charge in [-0.15, -0.1) is 0 Å². The van der Waals surface area contributed by atoms with Gasteiger partial charge in [0.2, 0.25) is 5.95 Å². The van der Waals surface area contributed by atoms with Gasteiger partial charge in [-0.05, 0) is 12.8 Å². The highest BCUT2D eigenvalue weighted by Gasteiger charge is 2.37. The second kappa shape index (κ2) is 6.92. The highest BCUT2D eigenvalue weighted by molar-refractivity contribution is 5.85. The zero-order chi connectivity index (χ0) is 18.0. The van der Waals surface area contributed by atoms with E-state index in [9.17, 15) is 23.1 Å². The maximum Gasteiger partial charge on any atom is 0.419 e. The molecule has 1 N–H and O–H groups in total. The van der Waals surface area contributed by atoms with Crippen molar-refractivity contribution in [2.24, 2.45) is 0 Å². The summed E-state index contributed by atoms with van der Waals surface area (Å²) in [5.41, 5.74) is -2.25. The number of aliphatic hydroxyl groups is 1. The van der Waals surface area contributed by atoms with E-state index in [0.717, 1.165) is 12.4 Å². The Kier molecular flexibility index (Phi) is 5.32. The van der Waals surface area contributed by atoms with Crippen LogP contribution >= 0.6 is 0 Å². The Labute approximate surface area is 138 Å². The lowest BCUT2D eigenvalue weighted by Crippen LogP contribution is -2.55. The van der Waals surface area contributed by atoms with Gasteiger partial charge in [-0.25, -0.2) is 9.97 Å². The van der Waals surface area contributed by atoms with Crippen LogP contribution in [0, 0.1) is 0 Å². The lowest BCUT2D eigenvalue weighted by atomic mass is 9.95. The molecule has 0 aromatic carbocycles. The standard InChI is InChI=1S/C15H21F3N4O2/c1-3-14(24,4-2)12(23)21-5-7-22(8-6-21)13-19-9-11(10-20-13)15(16,17)18/h9-10,24H,3-8H2,1-2H3. The fraction of sp³-hybridized carbons (Fsp3) is 0.667.